The van der Waals surface area contributed by atoms with E-state index >= 15 is 0 Å². The number of hydrogen-bond acceptors (Lipinski definition) is 12. The minimum atomic E-state index is -3.49. The fourth-order valence-corrected chi connectivity index (χ4v) is 15.4. The molecule has 1 unspecified atom stereocenters. The Morgan fingerprint density at radius 1 is 0.909 bits per heavy atom. The zero-order chi connectivity index (χ0) is 55.2. The summed E-state index contributed by atoms with van der Waals surface area (Å²) in [5, 5.41) is 25.8. The zero-order valence-electron chi connectivity index (χ0n) is 45.2. The van der Waals surface area contributed by atoms with Gasteiger partial charge in [-0.05, 0) is 131 Å². The molecule has 0 spiro atoms. The van der Waals surface area contributed by atoms with Crippen molar-refractivity contribution in [2.24, 2.45) is 11.3 Å². The summed E-state index contributed by atoms with van der Waals surface area (Å²) in [4.78, 5) is 88.0. The van der Waals surface area contributed by atoms with E-state index in [1.165, 1.54) is 4.90 Å². The van der Waals surface area contributed by atoms with Crippen LogP contribution in [0.1, 0.15) is 151 Å². The molecular formula is C56H78ClN9O9S2. The van der Waals surface area contributed by atoms with Crippen LogP contribution < -0.4 is 26.6 Å². The van der Waals surface area contributed by atoms with E-state index in [2.05, 4.69) is 36.5 Å². The van der Waals surface area contributed by atoms with Crippen LogP contribution in [-0.2, 0) is 40.4 Å². The first-order chi connectivity index (χ1) is 36.6. The lowest BCUT2D eigenvalue weighted by atomic mass is 9.85. The van der Waals surface area contributed by atoms with Gasteiger partial charge in [0.15, 0.2) is 0 Å². The second-order valence-corrected chi connectivity index (χ2v) is 26.3. The van der Waals surface area contributed by atoms with Crippen molar-refractivity contribution in [3.05, 3.63) is 69.3 Å². The highest BCUT2D eigenvalue weighted by Crippen LogP contribution is 2.40. The lowest BCUT2D eigenvalue weighted by Crippen LogP contribution is -2.57. The number of unbranched alkanes of at least 4 members (excludes halogenated alkanes) is 3. The van der Waals surface area contributed by atoms with Crippen molar-refractivity contribution in [3.63, 3.8) is 0 Å². The maximum Gasteiger partial charge on any atom is 0.253 e. The van der Waals surface area contributed by atoms with Crippen LogP contribution in [0.15, 0.2) is 41.9 Å². The van der Waals surface area contributed by atoms with E-state index in [4.69, 9.17) is 11.6 Å². The number of thiazole rings is 1. The van der Waals surface area contributed by atoms with Gasteiger partial charge in [0.05, 0.1) is 51.0 Å². The average Bonchev–Trinajstić information content (AvgIpc) is 4.23. The van der Waals surface area contributed by atoms with E-state index < -0.39 is 39.5 Å². The number of nitrogens with one attached hydrogen (secondary N) is 5. The minimum Gasteiger partial charge on any atom is -0.391 e. The van der Waals surface area contributed by atoms with Crippen molar-refractivity contribution >= 4 is 74.1 Å². The molecule has 6 amide bonds. The van der Waals surface area contributed by atoms with Crippen molar-refractivity contribution in [1.82, 2.24) is 40.4 Å². The number of aryl methyl sites for hydroxylation is 1. The predicted octanol–water partition coefficient (Wildman–Crippen LogP) is 6.25. The Bertz CT molecular complexity index is 2730. The quantitative estimate of drug-likeness (QED) is 0.0615. The topological polar surface area (TPSA) is 240 Å². The van der Waals surface area contributed by atoms with Gasteiger partial charge in [-0.2, -0.15) is 4.31 Å². The molecule has 0 aliphatic carbocycles. The molecule has 2 bridgehead atoms. The molecule has 5 aliphatic heterocycles. The monoisotopic (exact) mass is 1120 g/mol. The number of benzene rings is 2. The Morgan fingerprint density at radius 3 is 2.23 bits per heavy atom. The Kier molecular flexibility index (Phi) is 19.2. The molecule has 3 aromatic rings. The SMILES string of the molecule is Cc1ncsc1-c1ccc([C@H](C)NC(=O)[C@@H]2C[C@@H](O)CN2C(=O)[C@@H](NC(=O)CCCCCCC(=O)NCCCN2CCC(CS(=O)(=O)N3[C@@H]4CC[C@H]3CC(NC(=O)c3cc5c(cc3Cl)NC(=O)C5)C4)CC2)C(C)(C)C)cc1. The average molecular weight is 1120 g/mol. The standard InChI is InChI=1S/C56H78ClN9O9S2/c1-34(37-13-15-38(16-14-37)51-35(2)59-33-76-51)60-54(72)47-29-43(67)31-65(47)55(73)52(56(3,4)5)63-49(69)12-9-7-6-8-11-48(68)58-21-10-22-64-23-19-36(20-24-64)32-77(74,75)66-41-17-18-42(66)28-40(27-41)61-53(71)44-25-39-26-50(70)62-46(39)30-45(44)57/h13-16,25,30,33-34,36,40-43,47,52,67H,6-12,17-24,26-29,31-32H2,1-5H3,(H,58,68)(H,60,72)(H,61,71)(H,62,70)(H,63,69)/t34-,40?,41-,42+,43+,47-,52+/m0/s1. The second-order valence-electron chi connectivity index (χ2n) is 23.1. The molecule has 6 heterocycles. The van der Waals surface area contributed by atoms with Crippen LogP contribution in [0, 0.1) is 18.3 Å². The summed E-state index contributed by atoms with van der Waals surface area (Å²) in [6, 6.07) is 8.61. The third kappa shape index (κ3) is 14.8. The summed E-state index contributed by atoms with van der Waals surface area (Å²) in [6.07, 6.45) is 7.87. The van der Waals surface area contributed by atoms with Gasteiger partial charge in [0.1, 0.15) is 12.1 Å². The number of fused-ring (bicyclic) bond motifs is 3. The van der Waals surface area contributed by atoms with Gasteiger partial charge in [0, 0.05) is 56.2 Å². The molecular weight excluding hydrogens is 1040 g/mol. The molecule has 5 aliphatic rings. The number of β-amino-alcohol motifs (C(OH)–C–C–N with tert-alkyl or cyclic N) is 1. The van der Waals surface area contributed by atoms with Crippen LogP contribution in [0.5, 0.6) is 0 Å². The smallest absolute Gasteiger partial charge is 0.253 e. The number of rotatable bonds is 22. The molecule has 8 rings (SSSR count). The summed E-state index contributed by atoms with van der Waals surface area (Å²) >= 11 is 7.99. The van der Waals surface area contributed by atoms with Gasteiger partial charge < -0.3 is 41.5 Å². The van der Waals surface area contributed by atoms with Crippen LogP contribution in [0.2, 0.25) is 5.02 Å². The van der Waals surface area contributed by atoms with Gasteiger partial charge in [-0.3, -0.25) is 28.8 Å². The zero-order valence-corrected chi connectivity index (χ0v) is 47.6. The number of aliphatic hydroxyl groups is 1. The van der Waals surface area contributed by atoms with E-state index in [0.29, 0.717) is 49.9 Å². The number of carbonyl (C=O) groups is 6. The van der Waals surface area contributed by atoms with E-state index in [-0.39, 0.29) is 96.2 Å². The number of sulfonamides is 1. The second kappa shape index (κ2) is 25.4. The predicted molar refractivity (Wildman–Crippen MR) is 298 cm³/mol. The fourth-order valence-electron chi connectivity index (χ4n) is 11.9. The summed E-state index contributed by atoms with van der Waals surface area (Å²) in [5.74, 6) is -1.28. The van der Waals surface area contributed by atoms with Crippen LogP contribution in [-0.4, -0.2) is 143 Å². The van der Waals surface area contributed by atoms with Gasteiger partial charge in [0.2, 0.25) is 39.6 Å². The summed E-state index contributed by atoms with van der Waals surface area (Å²) in [6.45, 7) is 12.4. The summed E-state index contributed by atoms with van der Waals surface area (Å²) < 4.78 is 29.5. The first-order valence-corrected chi connectivity index (χ1v) is 30.5. The number of aliphatic hydroxyl groups excluding tert-OH is 1. The normalized spacial score (nSPS) is 22.8. The number of piperidine rings is 2. The van der Waals surface area contributed by atoms with Crippen molar-refractivity contribution < 1.29 is 42.3 Å². The van der Waals surface area contributed by atoms with E-state index in [9.17, 15) is 42.3 Å². The lowest BCUT2D eigenvalue weighted by molar-refractivity contribution is -0.144. The van der Waals surface area contributed by atoms with E-state index in [0.717, 1.165) is 91.8 Å². The number of halogens is 1. The van der Waals surface area contributed by atoms with Crippen LogP contribution in [0.25, 0.3) is 10.4 Å². The van der Waals surface area contributed by atoms with Crippen molar-refractivity contribution in [1.29, 1.82) is 0 Å². The summed E-state index contributed by atoms with van der Waals surface area (Å²) in [7, 11) is -3.49. The molecule has 21 heteroatoms. The molecule has 2 aromatic carbocycles. The van der Waals surface area contributed by atoms with Gasteiger partial charge in [-0.1, -0.05) is 69.5 Å². The van der Waals surface area contributed by atoms with Gasteiger partial charge in [-0.15, -0.1) is 11.3 Å². The largest absolute Gasteiger partial charge is 0.391 e. The molecule has 1 aromatic heterocycles. The van der Waals surface area contributed by atoms with Gasteiger partial charge in [-0.25, -0.2) is 13.4 Å². The third-order valence-corrected chi connectivity index (χ3v) is 19.6. The molecule has 0 saturated carbocycles. The summed E-state index contributed by atoms with van der Waals surface area (Å²) in [5.41, 5.74) is 5.73. The van der Waals surface area contributed by atoms with Crippen LogP contribution in [0.4, 0.5) is 5.69 Å². The molecule has 4 saturated heterocycles. The number of nitrogens with zero attached hydrogens (tertiary/aromatic N) is 4. The maximum absolute atomic E-state index is 14.1. The Hall–Kier alpha value is -4.99. The molecule has 77 heavy (non-hydrogen) atoms. The number of likely N-dealkylation sites (tertiary alicyclic amines) is 2. The minimum absolute atomic E-state index is 0.00461. The fraction of sp³-hybridized carbons (Fsp3) is 0.625. The van der Waals surface area contributed by atoms with Gasteiger partial charge >= 0.3 is 0 Å². The molecule has 0 radical (unpaired) electrons. The van der Waals surface area contributed by atoms with Crippen LogP contribution >= 0.6 is 22.9 Å². The van der Waals surface area contributed by atoms with E-state index in [1.54, 1.807) is 27.8 Å². The number of aromatic nitrogens is 1. The number of carbonyl (C=O) groups excluding carboxylic acids is 6. The van der Waals surface area contributed by atoms with Gasteiger partial charge in [0.25, 0.3) is 5.91 Å². The van der Waals surface area contributed by atoms with Crippen molar-refractivity contribution in [2.75, 3.05) is 43.8 Å². The third-order valence-electron chi connectivity index (χ3n) is 16.1. The highest BCUT2D eigenvalue weighted by atomic mass is 35.5. The van der Waals surface area contributed by atoms with Crippen molar-refractivity contribution in [2.45, 2.75) is 173 Å². The highest BCUT2D eigenvalue weighted by molar-refractivity contribution is 7.89. The van der Waals surface area contributed by atoms with Crippen LogP contribution in [0.3, 0.4) is 0 Å². The maximum atomic E-state index is 14.1. The number of anilines is 1. The highest BCUT2D eigenvalue weighted by Gasteiger charge is 2.48. The molecule has 420 valence electrons. The first-order valence-electron chi connectivity index (χ1n) is 27.7. The Balaban J connectivity index is 0.672. The Morgan fingerprint density at radius 2 is 1.58 bits per heavy atom. The number of amides is 6. The number of hydrogen-bond donors (Lipinski definition) is 6. The molecule has 6 N–H and O–H groups in total. The molecule has 18 nitrogen and oxygen atoms in total. The first kappa shape index (κ1) is 58.2. The van der Waals surface area contributed by atoms with E-state index in [1.807, 2.05) is 64.4 Å². The lowest BCUT2D eigenvalue weighted by Gasteiger charge is -2.39. The molecule has 7 atom stereocenters. The van der Waals surface area contributed by atoms with Crippen molar-refractivity contribution in [3.8, 4) is 10.4 Å². The molecule has 4 fully saturated rings. The Labute approximate surface area is 462 Å².